The minimum atomic E-state index is -4.51. The van der Waals surface area contributed by atoms with Gasteiger partial charge in [-0.05, 0) is 49.2 Å². The number of thioether (sulfide) groups is 1. The lowest BCUT2D eigenvalue weighted by Crippen LogP contribution is -2.34. The number of nitrogens with one attached hydrogen (secondary N) is 2. The highest BCUT2D eigenvalue weighted by atomic mass is 35.5. The normalized spacial score (nSPS) is 12.5. The molecule has 0 radical (unpaired) electrons. The topological polar surface area (TPSA) is 88.9 Å². The standard InChI is InChI=1S/C24H24Cl2F3N5O2S/c1-4-34-21(20(13(2)3)31-22(36)17-9-8-15(25)11-18(17)26)32-33-23(34)37-12-19(35)30-16-7-5-6-14(10-16)24(27,28)29/h5-11,13,20H,4,12H2,1-3H3,(H,30,35)(H,31,36)/t20-/m0/s1. The molecule has 0 aliphatic rings. The first-order chi connectivity index (χ1) is 17.4. The number of rotatable bonds is 9. The maximum Gasteiger partial charge on any atom is 0.416 e. The summed E-state index contributed by atoms with van der Waals surface area (Å²) in [6.07, 6.45) is -4.51. The van der Waals surface area contributed by atoms with Crippen LogP contribution in [-0.4, -0.2) is 32.3 Å². The molecule has 1 heterocycles. The van der Waals surface area contributed by atoms with Gasteiger partial charge in [0.15, 0.2) is 11.0 Å². The Hall–Kier alpha value is -2.76. The van der Waals surface area contributed by atoms with E-state index in [9.17, 15) is 22.8 Å². The summed E-state index contributed by atoms with van der Waals surface area (Å²) < 4.78 is 40.5. The van der Waals surface area contributed by atoms with Crippen LogP contribution in [0.2, 0.25) is 10.0 Å². The maximum absolute atomic E-state index is 12.9. The number of amides is 2. The molecule has 0 bridgehead atoms. The van der Waals surface area contributed by atoms with Gasteiger partial charge in [-0.2, -0.15) is 13.2 Å². The lowest BCUT2D eigenvalue weighted by molar-refractivity contribution is -0.137. The number of nitrogens with zero attached hydrogens (tertiary/aromatic N) is 3. The van der Waals surface area contributed by atoms with Gasteiger partial charge in [-0.25, -0.2) is 0 Å². The molecule has 0 fully saturated rings. The summed E-state index contributed by atoms with van der Waals surface area (Å²) in [6, 6.07) is 8.48. The second-order valence-electron chi connectivity index (χ2n) is 8.32. The van der Waals surface area contributed by atoms with Crippen molar-refractivity contribution in [2.24, 2.45) is 5.92 Å². The lowest BCUT2D eigenvalue weighted by atomic mass is 10.0. The Morgan fingerprint density at radius 2 is 1.84 bits per heavy atom. The summed E-state index contributed by atoms with van der Waals surface area (Å²) >= 11 is 13.2. The molecule has 0 spiro atoms. The van der Waals surface area contributed by atoms with E-state index in [1.54, 1.807) is 10.6 Å². The van der Waals surface area contributed by atoms with Crippen molar-refractivity contribution >= 4 is 52.5 Å². The molecule has 37 heavy (non-hydrogen) atoms. The third-order valence-corrected chi connectivity index (χ3v) is 6.79. The van der Waals surface area contributed by atoms with Gasteiger partial charge in [-0.15, -0.1) is 10.2 Å². The molecule has 198 valence electrons. The average Bonchev–Trinajstić information content (AvgIpc) is 3.23. The third-order valence-electron chi connectivity index (χ3n) is 5.27. The average molecular weight is 574 g/mol. The van der Waals surface area contributed by atoms with Crippen LogP contribution in [0.4, 0.5) is 18.9 Å². The van der Waals surface area contributed by atoms with Crippen molar-refractivity contribution < 1.29 is 22.8 Å². The first kappa shape index (κ1) is 28.8. The SMILES string of the molecule is CCn1c(SCC(=O)Nc2cccc(C(F)(F)F)c2)nnc1[C@@H](NC(=O)c1ccc(Cl)cc1Cl)C(C)C. The van der Waals surface area contributed by atoms with Crippen LogP contribution in [0.5, 0.6) is 0 Å². The van der Waals surface area contributed by atoms with E-state index in [0.29, 0.717) is 22.5 Å². The zero-order valence-corrected chi connectivity index (χ0v) is 22.4. The monoisotopic (exact) mass is 573 g/mol. The van der Waals surface area contributed by atoms with Gasteiger partial charge in [-0.3, -0.25) is 9.59 Å². The first-order valence-corrected chi connectivity index (χ1v) is 12.9. The fraction of sp³-hybridized carbons (Fsp3) is 0.333. The molecule has 2 aromatic carbocycles. The van der Waals surface area contributed by atoms with Gasteiger partial charge in [0.2, 0.25) is 5.91 Å². The van der Waals surface area contributed by atoms with Crippen LogP contribution in [0, 0.1) is 5.92 Å². The van der Waals surface area contributed by atoms with E-state index < -0.39 is 29.6 Å². The van der Waals surface area contributed by atoms with Gasteiger partial charge in [-0.1, -0.05) is 54.9 Å². The summed E-state index contributed by atoms with van der Waals surface area (Å²) in [4.78, 5) is 25.3. The number of aromatic nitrogens is 3. The van der Waals surface area contributed by atoms with Gasteiger partial charge in [0.25, 0.3) is 5.91 Å². The fourth-order valence-corrected chi connectivity index (χ4v) is 4.76. The highest BCUT2D eigenvalue weighted by Gasteiger charge is 2.30. The molecule has 2 N–H and O–H groups in total. The summed E-state index contributed by atoms with van der Waals surface area (Å²) in [6.45, 7) is 6.16. The number of halogens is 5. The van der Waals surface area contributed by atoms with Crippen LogP contribution in [-0.2, 0) is 17.5 Å². The molecule has 3 aromatic rings. The number of hydrogen-bond donors (Lipinski definition) is 2. The minimum Gasteiger partial charge on any atom is -0.342 e. The summed E-state index contributed by atoms with van der Waals surface area (Å²) in [5, 5.41) is 14.9. The van der Waals surface area contributed by atoms with Crippen molar-refractivity contribution in [3.8, 4) is 0 Å². The predicted molar refractivity (Wildman–Crippen MR) is 138 cm³/mol. The van der Waals surface area contributed by atoms with Crippen LogP contribution >= 0.6 is 35.0 Å². The molecule has 0 aliphatic heterocycles. The molecule has 0 unspecified atom stereocenters. The molecule has 0 saturated carbocycles. The van der Waals surface area contributed by atoms with E-state index in [2.05, 4.69) is 20.8 Å². The number of carbonyl (C=O) groups is 2. The Morgan fingerprint density at radius 1 is 1.11 bits per heavy atom. The molecule has 13 heteroatoms. The Morgan fingerprint density at radius 3 is 2.46 bits per heavy atom. The number of alkyl halides is 3. The molecule has 1 aromatic heterocycles. The number of hydrogen-bond acceptors (Lipinski definition) is 5. The third kappa shape index (κ3) is 7.39. The number of anilines is 1. The highest BCUT2D eigenvalue weighted by Crippen LogP contribution is 2.31. The van der Waals surface area contributed by atoms with E-state index in [1.807, 2.05) is 20.8 Å². The summed E-state index contributed by atoms with van der Waals surface area (Å²) in [5.41, 5.74) is -0.545. The quantitative estimate of drug-likeness (QED) is 0.286. The molecular formula is C24H24Cl2F3N5O2S. The summed E-state index contributed by atoms with van der Waals surface area (Å²) in [7, 11) is 0. The molecule has 1 atom stereocenters. The second kappa shape index (κ2) is 12.2. The Balaban J connectivity index is 1.72. The van der Waals surface area contributed by atoms with Crippen molar-refractivity contribution in [2.75, 3.05) is 11.1 Å². The van der Waals surface area contributed by atoms with Gasteiger partial charge in [0.1, 0.15) is 0 Å². The second-order valence-corrected chi connectivity index (χ2v) is 10.1. The number of benzene rings is 2. The fourth-order valence-electron chi connectivity index (χ4n) is 3.46. The molecule has 0 saturated heterocycles. The van der Waals surface area contributed by atoms with Crippen molar-refractivity contribution in [3.05, 3.63) is 69.5 Å². The number of carbonyl (C=O) groups excluding carboxylic acids is 2. The lowest BCUT2D eigenvalue weighted by Gasteiger charge is -2.22. The van der Waals surface area contributed by atoms with Gasteiger partial charge >= 0.3 is 6.18 Å². The molecule has 3 rings (SSSR count). The molecule has 7 nitrogen and oxygen atoms in total. The van der Waals surface area contributed by atoms with Gasteiger partial charge < -0.3 is 15.2 Å². The summed E-state index contributed by atoms with van der Waals surface area (Å²) in [5.74, 6) is -0.570. The first-order valence-electron chi connectivity index (χ1n) is 11.2. The maximum atomic E-state index is 12.9. The van der Waals surface area contributed by atoms with E-state index in [4.69, 9.17) is 23.2 Å². The van der Waals surface area contributed by atoms with Crippen LogP contribution in [0.3, 0.4) is 0 Å². The molecule has 0 aliphatic carbocycles. The highest BCUT2D eigenvalue weighted by molar-refractivity contribution is 7.99. The Kier molecular flexibility index (Phi) is 9.49. The molecular weight excluding hydrogens is 550 g/mol. The Bertz CT molecular complexity index is 1280. The van der Waals surface area contributed by atoms with Crippen molar-refractivity contribution in [1.29, 1.82) is 0 Å². The zero-order chi connectivity index (χ0) is 27.3. The van der Waals surface area contributed by atoms with Crippen LogP contribution in [0.15, 0.2) is 47.6 Å². The van der Waals surface area contributed by atoms with Crippen LogP contribution in [0.25, 0.3) is 0 Å². The van der Waals surface area contributed by atoms with E-state index in [-0.39, 0.29) is 27.9 Å². The molecule has 2 amide bonds. The van der Waals surface area contributed by atoms with Crippen LogP contribution in [0.1, 0.15) is 48.6 Å². The zero-order valence-electron chi connectivity index (χ0n) is 20.1. The Labute approximate surface area is 226 Å². The largest absolute Gasteiger partial charge is 0.416 e. The predicted octanol–water partition coefficient (Wildman–Crippen LogP) is 6.48. The van der Waals surface area contributed by atoms with E-state index in [1.165, 1.54) is 24.3 Å². The van der Waals surface area contributed by atoms with E-state index in [0.717, 1.165) is 23.9 Å². The van der Waals surface area contributed by atoms with Crippen molar-refractivity contribution in [3.63, 3.8) is 0 Å². The smallest absolute Gasteiger partial charge is 0.342 e. The van der Waals surface area contributed by atoms with E-state index >= 15 is 0 Å². The van der Waals surface area contributed by atoms with Gasteiger partial charge in [0, 0.05) is 17.3 Å². The minimum absolute atomic E-state index is 0.0431. The van der Waals surface area contributed by atoms with Crippen molar-refractivity contribution in [2.45, 2.75) is 44.7 Å². The van der Waals surface area contributed by atoms with Gasteiger partial charge in [0.05, 0.1) is 27.9 Å². The van der Waals surface area contributed by atoms with Crippen LogP contribution < -0.4 is 10.6 Å². The van der Waals surface area contributed by atoms with Crippen molar-refractivity contribution in [1.82, 2.24) is 20.1 Å².